The molecule has 5 nitrogen and oxygen atoms in total. The van der Waals surface area contributed by atoms with Crippen molar-refractivity contribution in [1.82, 2.24) is 15.6 Å². The maximum absolute atomic E-state index is 12.5. The van der Waals surface area contributed by atoms with E-state index in [0.717, 1.165) is 17.5 Å². The molecule has 1 aromatic heterocycles. The summed E-state index contributed by atoms with van der Waals surface area (Å²) in [5.74, 6) is 0.267. The topological polar surface area (TPSA) is 74.0 Å². The number of benzene rings is 1. The van der Waals surface area contributed by atoms with Crippen LogP contribution in [0.25, 0.3) is 10.9 Å². The number of carbonyl (C=O) groups is 2. The summed E-state index contributed by atoms with van der Waals surface area (Å²) in [4.78, 5) is 27.0. The fraction of sp³-hybridized carbons (Fsp3) is 0.444. The van der Waals surface area contributed by atoms with Crippen molar-refractivity contribution in [3.05, 3.63) is 35.5 Å². The van der Waals surface area contributed by atoms with E-state index in [1.807, 2.05) is 32.0 Å². The van der Waals surface area contributed by atoms with Gasteiger partial charge in [-0.25, -0.2) is 0 Å². The molecule has 1 aliphatic rings. The minimum absolute atomic E-state index is 0.0984. The Kier molecular flexibility index (Phi) is 4.48. The van der Waals surface area contributed by atoms with Crippen LogP contribution < -0.4 is 10.6 Å². The molecule has 2 aromatic rings. The molecule has 1 amide bonds. The molecule has 1 aromatic carbocycles. The molecule has 2 atom stereocenters. The van der Waals surface area contributed by atoms with Crippen LogP contribution in [0.2, 0.25) is 0 Å². The number of hydrogen-bond donors (Lipinski definition) is 3. The second kappa shape index (κ2) is 6.54. The molecule has 0 unspecified atom stereocenters. The van der Waals surface area contributed by atoms with Crippen LogP contribution in [0.15, 0.2) is 24.3 Å². The van der Waals surface area contributed by atoms with Gasteiger partial charge in [0.25, 0.3) is 0 Å². The first kappa shape index (κ1) is 15.7. The van der Waals surface area contributed by atoms with E-state index in [4.69, 9.17) is 0 Å². The lowest BCUT2D eigenvalue weighted by atomic mass is 9.97. The molecular formula is C18H23N3O2. The van der Waals surface area contributed by atoms with E-state index < -0.39 is 6.04 Å². The Morgan fingerprint density at radius 3 is 2.91 bits per heavy atom. The number of carbonyl (C=O) groups excluding carboxylic acids is 2. The van der Waals surface area contributed by atoms with Crippen LogP contribution in [-0.4, -0.2) is 29.3 Å². The smallest absolute Gasteiger partial charge is 0.238 e. The maximum Gasteiger partial charge on any atom is 0.238 e. The highest BCUT2D eigenvalue weighted by molar-refractivity contribution is 5.89. The number of nitrogens with one attached hydrogen (secondary N) is 3. The van der Waals surface area contributed by atoms with Gasteiger partial charge in [0.2, 0.25) is 5.91 Å². The monoisotopic (exact) mass is 313 g/mol. The lowest BCUT2D eigenvalue weighted by Crippen LogP contribution is -2.51. The predicted octanol–water partition coefficient (Wildman–Crippen LogP) is 1.91. The summed E-state index contributed by atoms with van der Waals surface area (Å²) in [6.07, 6.45) is 2.14. The van der Waals surface area contributed by atoms with Crippen LogP contribution in [0.1, 0.15) is 31.5 Å². The summed E-state index contributed by atoms with van der Waals surface area (Å²) in [5, 5.41) is 7.30. The Morgan fingerprint density at radius 1 is 1.39 bits per heavy atom. The van der Waals surface area contributed by atoms with Crippen molar-refractivity contribution in [3.63, 3.8) is 0 Å². The zero-order valence-corrected chi connectivity index (χ0v) is 13.6. The van der Waals surface area contributed by atoms with Gasteiger partial charge in [0.1, 0.15) is 6.29 Å². The van der Waals surface area contributed by atoms with Crippen molar-refractivity contribution in [1.29, 1.82) is 0 Å². The molecule has 3 rings (SSSR count). The third-order valence-electron chi connectivity index (χ3n) is 4.37. The number of rotatable bonds is 5. The molecule has 0 spiro atoms. The van der Waals surface area contributed by atoms with Gasteiger partial charge in [-0.15, -0.1) is 0 Å². The van der Waals surface area contributed by atoms with E-state index in [1.54, 1.807) is 0 Å². The average molecular weight is 313 g/mol. The molecule has 0 saturated carbocycles. The van der Waals surface area contributed by atoms with E-state index >= 15 is 0 Å². The molecular weight excluding hydrogens is 290 g/mol. The highest BCUT2D eigenvalue weighted by atomic mass is 16.2. The van der Waals surface area contributed by atoms with E-state index in [0.29, 0.717) is 25.3 Å². The van der Waals surface area contributed by atoms with Crippen LogP contribution in [0.4, 0.5) is 0 Å². The Hall–Kier alpha value is -2.14. The fourth-order valence-corrected chi connectivity index (χ4v) is 3.27. The largest absolute Gasteiger partial charge is 0.357 e. The summed E-state index contributed by atoms with van der Waals surface area (Å²) in [5.41, 5.74) is 3.45. The Bertz CT molecular complexity index is 720. The highest BCUT2D eigenvalue weighted by Gasteiger charge is 2.28. The van der Waals surface area contributed by atoms with E-state index in [-0.39, 0.29) is 11.9 Å². The molecule has 0 fully saturated rings. The molecule has 0 aliphatic carbocycles. The number of para-hydroxylation sites is 1. The van der Waals surface area contributed by atoms with E-state index in [1.165, 1.54) is 10.9 Å². The molecule has 0 bridgehead atoms. The van der Waals surface area contributed by atoms with Gasteiger partial charge in [-0.1, -0.05) is 32.0 Å². The van der Waals surface area contributed by atoms with Gasteiger partial charge in [-0.05, 0) is 30.4 Å². The summed E-state index contributed by atoms with van der Waals surface area (Å²) in [7, 11) is 0. The van der Waals surface area contributed by atoms with Crippen LogP contribution >= 0.6 is 0 Å². The predicted molar refractivity (Wildman–Crippen MR) is 90.1 cm³/mol. The number of aldehydes is 1. The maximum atomic E-state index is 12.5. The number of hydrogen-bond acceptors (Lipinski definition) is 3. The van der Waals surface area contributed by atoms with Gasteiger partial charge in [0, 0.05) is 23.1 Å². The highest BCUT2D eigenvalue weighted by Crippen LogP contribution is 2.26. The fourth-order valence-electron chi connectivity index (χ4n) is 3.27. The first-order valence-electron chi connectivity index (χ1n) is 8.16. The normalized spacial score (nSPS) is 18.7. The Labute approximate surface area is 135 Å². The molecule has 5 heteroatoms. The van der Waals surface area contributed by atoms with Crippen molar-refractivity contribution in [2.75, 3.05) is 0 Å². The molecule has 2 heterocycles. The molecule has 3 N–H and O–H groups in total. The SMILES string of the molecule is CC(C)C[C@@H](C=O)NC(=O)[C@@H]1Cc2c([nH]c3ccccc23)CN1. The summed E-state index contributed by atoms with van der Waals surface area (Å²) < 4.78 is 0. The third-order valence-corrected chi connectivity index (χ3v) is 4.37. The zero-order valence-electron chi connectivity index (χ0n) is 13.6. The van der Waals surface area contributed by atoms with Gasteiger partial charge in [-0.2, -0.15) is 0 Å². The minimum Gasteiger partial charge on any atom is -0.357 e. The zero-order chi connectivity index (χ0) is 16.4. The Balaban J connectivity index is 1.73. The second-order valence-electron chi connectivity index (χ2n) is 6.65. The third kappa shape index (κ3) is 3.29. The van der Waals surface area contributed by atoms with E-state index in [9.17, 15) is 9.59 Å². The standard InChI is InChI=1S/C18H23N3O2/c1-11(2)7-12(10-22)20-18(23)16-8-14-13-5-3-4-6-15(13)21-17(14)9-19-16/h3-6,10-12,16,19,21H,7-9H2,1-2H3,(H,20,23)/t12-,16-/m0/s1. The van der Waals surface area contributed by atoms with Crippen molar-refractivity contribution < 1.29 is 9.59 Å². The first-order chi connectivity index (χ1) is 11.1. The summed E-state index contributed by atoms with van der Waals surface area (Å²) >= 11 is 0. The molecule has 1 aliphatic heterocycles. The quantitative estimate of drug-likeness (QED) is 0.738. The number of fused-ring (bicyclic) bond motifs is 3. The van der Waals surface area contributed by atoms with Crippen molar-refractivity contribution in [3.8, 4) is 0 Å². The lowest BCUT2D eigenvalue weighted by molar-refractivity contribution is -0.126. The van der Waals surface area contributed by atoms with Crippen LogP contribution in [-0.2, 0) is 22.6 Å². The van der Waals surface area contributed by atoms with Gasteiger partial charge in [0.05, 0.1) is 12.1 Å². The molecule has 0 radical (unpaired) electrons. The summed E-state index contributed by atoms with van der Waals surface area (Å²) in [6.45, 7) is 4.72. The Morgan fingerprint density at radius 2 is 2.17 bits per heavy atom. The van der Waals surface area contributed by atoms with Crippen LogP contribution in [0.5, 0.6) is 0 Å². The summed E-state index contributed by atoms with van der Waals surface area (Å²) in [6, 6.07) is 7.44. The first-order valence-corrected chi connectivity index (χ1v) is 8.16. The van der Waals surface area contributed by atoms with Crippen molar-refractivity contribution in [2.45, 2.75) is 45.3 Å². The number of H-pyrrole nitrogens is 1. The molecule has 23 heavy (non-hydrogen) atoms. The number of aromatic amines is 1. The van der Waals surface area contributed by atoms with Crippen LogP contribution in [0.3, 0.4) is 0 Å². The van der Waals surface area contributed by atoms with Gasteiger partial charge in [0.15, 0.2) is 0 Å². The average Bonchev–Trinajstić information content (AvgIpc) is 2.91. The van der Waals surface area contributed by atoms with Crippen LogP contribution in [0, 0.1) is 5.92 Å². The number of aromatic nitrogens is 1. The molecule has 0 saturated heterocycles. The van der Waals surface area contributed by atoms with Gasteiger partial charge in [-0.3, -0.25) is 10.1 Å². The number of amides is 1. The lowest BCUT2D eigenvalue weighted by Gasteiger charge is -2.25. The van der Waals surface area contributed by atoms with E-state index in [2.05, 4.69) is 21.7 Å². The van der Waals surface area contributed by atoms with Gasteiger partial charge >= 0.3 is 0 Å². The van der Waals surface area contributed by atoms with Gasteiger partial charge < -0.3 is 15.1 Å². The molecule has 122 valence electrons. The van der Waals surface area contributed by atoms with Crippen molar-refractivity contribution in [2.24, 2.45) is 5.92 Å². The minimum atomic E-state index is -0.409. The van der Waals surface area contributed by atoms with Crippen molar-refractivity contribution >= 4 is 23.1 Å². The second-order valence-corrected chi connectivity index (χ2v) is 6.65.